The summed E-state index contributed by atoms with van der Waals surface area (Å²) in [5.74, 6) is 0.650. The van der Waals surface area contributed by atoms with Crippen LogP contribution in [0.5, 0.6) is 0 Å². The van der Waals surface area contributed by atoms with E-state index in [1.807, 2.05) is 42.4 Å². The molecule has 1 aliphatic heterocycles. The molecule has 0 aliphatic carbocycles. The first-order valence-electron chi connectivity index (χ1n) is 7.15. The van der Waals surface area contributed by atoms with Crippen molar-refractivity contribution < 1.29 is 9.53 Å². The Morgan fingerprint density at radius 2 is 2.10 bits per heavy atom. The number of aromatic nitrogens is 1. The topological polar surface area (TPSA) is 45.3 Å². The molecular weight excluding hydrogens is 252 g/mol. The summed E-state index contributed by atoms with van der Waals surface area (Å²) in [4.78, 5) is 17.6. The Bertz CT molecular complexity index is 599. The summed E-state index contributed by atoms with van der Waals surface area (Å²) in [5, 5.41) is 0.997. The van der Waals surface area contributed by atoms with Crippen molar-refractivity contribution in [1.82, 2.24) is 9.88 Å². The van der Waals surface area contributed by atoms with Gasteiger partial charge < -0.3 is 14.6 Å². The normalized spacial score (nSPS) is 16.4. The van der Waals surface area contributed by atoms with Crippen LogP contribution in [0.4, 0.5) is 0 Å². The predicted octanol–water partition coefficient (Wildman–Crippen LogP) is 2.67. The van der Waals surface area contributed by atoms with Gasteiger partial charge in [-0.1, -0.05) is 18.2 Å². The van der Waals surface area contributed by atoms with Crippen molar-refractivity contribution in [3.05, 3.63) is 36.0 Å². The van der Waals surface area contributed by atoms with Crippen molar-refractivity contribution in [2.24, 2.45) is 5.92 Å². The first-order valence-corrected chi connectivity index (χ1v) is 7.15. The Morgan fingerprint density at radius 1 is 1.35 bits per heavy atom. The van der Waals surface area contributed by atoms with Crippen LogP contribution >= 0.6 is 0 Å². The van der Waals surface area contributed by atoms with Crippen molar-refractivity contribution in [2.75, 3.05) is 26.8 Å². The molecule has 1 aliphatic rings. The van der Waals surface area contributed by atoms with Gasteiger partial charge in [-0.05, 0) is 24.8 Å². The highest BCUT2D eigenvalue weighted by Gasteiger charge is 2.21. The van der Waals surface area contributed by atoms with Crippen LogP contribution < -0.4 is 0 Å². The van der Waals surface area contributed by atoms with E-state index >= 15 is 0 Å². The van der Waals surface area contributed by atoms with Gasteiger partial charge in [0.25, 0.3) is 5.91 Å². The summed E-state index contributed by atoms with van der Waals surface area (Å²) in [6.07, 6.45) is 3.91. The zero-order chi connectivity index (χ0) is 13.9. The van der Waals surface area contributed by atoms with Crippen molar-refractivity contribution in [3.63, 3.8) is 0 Å². The molecular formula is C16H20N2O2. The van der Waals surface area contributed by atoms with Gasteiger partial charge in [-0.15, -0.1) is 0 Å². The molecule has 0 radical (unpaired) electrons. The van der Waals surface area contributed by atoms with E-state index in [-0.39, 0.29) is 5.91 Å². The Morgan fingerprint density at radius 3 is 2.90 bits per heavy atom. The lowest BCUT2D eigenvalue weighted by Crippen LogP contribution is -2.34. The fraction of sp³-hybridized carbons (Fsp3) is 0.438. The molecule has 0 saturated carbocycles. The molecule has 1 saturated heterocycles. The molecule has 0 atom stereocenters. The monoisotopic (exact) mass is 272 g/mol. The number of ether oxygens (including phenoxy) is 1. The number of hydrogen-bond donors (Lipinski definition) is 1. The minimum Gasteiger partial charge on any atom is -0.381 e. The Labute approximate surface area is 118 Å². The van der Waals surface area contributed by atoms with Crippen LogP contribution in [0.1, 0.15) is 23.2 Å². The molecule has 106 valence electrons. The van der Waals surface area contributed by atoms with E-state index in [2.05, 4.69) is 4.98 Å². The van der Waals surface area contributed by atoms with Crippen LogP contribution in [-0.2, 0) is 4.74 Å². The minimum absolute atomic E-state index is 0.0916. The van der Waals surface area contributed by atoms with Gasteiger partial charge in [-0.3, -0.25) is 4.79 Å². The lowest BCUT2D eigenvalue weighted by Gasteiger charge is -2.27. The largest absolute Gasteiger partial charge is 0.381 e. The van der Waals surface area contributed by atoms with E-state index in [4.69, 9.17) is 4.74 Å². The van der Waals surface area contributed by atoms with Gasteiger partial charge in [0.2, 0.25) is 0 Å². The fourth-order valence-corrected chi connectivity index (χ4v) is 2.85. The Balaban J connectivity index is 1.74. The van der Waals surface area contributed by atoms with E-state index < -0.39 is 0 Å². The lowest BCUT2D eigenvalue weighted by molar-refractivity contribution is 0.0498. The lowest BCUT2D eigenvalue weighted by atomic mass is 9.99. The van der Waals surface area contributed by atoms with Gasteiger partial charge >= 0.3 is 0 Å². The van der Waals surface area contributed by atoms with Gasteiger partial charge in [-0.25, -0.2) is 0 Å². The predicted molar refractivity (Wildman–Crippen MR) is 78.8 cm³/mol. The average Bonchev–Trinajstić information content (AvgIpc) is 2.91. The van der Waals surface area contributed by atoms with Crippen LogP contribution in [-0.4, -0.2) is 42.6 Å². The first kappa shape index (κ1) is 13.2. The van der Waals surface area contributed by atoms with Gasteiger partial charge in [0.05, 0.1) is 5.56 Å². The summed E-state index contributed by atoms with van der Waals surface area (Å²) >= 11 is 0. The second kappa shape index (κ2) is 5.67. The summed E-state index contributed by atoms with van der Waals surface area (Å²) < 4.78 is 5.36. The summed E-state index contributed by atoms with van der Waals surface area (Å²) in [6, 6.07) is 7.91. The number of hydrogen-bond acceptors (Lipinski definition) is 2. The van der Waals surface area contributed by atoms with E-state index in [1.165, 1.54) is 0 Å². The summed E-state index contributed by atoms with van der Waals surface area (Å²) in [7, 11) is 1.89. The molecule has 0 spiro atoms. The SMILES string of the molecule is CN(CC1CCOCC1)C(=O)c1c[nH]c2ccccc12. The number of aromatic amines is 1. The molecule has 0 bridgehead atoms. The maximum absolute atomic E-state index is 12.6. The molecule has 4 heteroatoms. The molecule has 2 heterocycles. The van der Waals surface area contributed by atoms with E-state index in [0.717, 1.165) is 49.1 Å². The van der Waals surface area contributed by atoms with E-state index in [9.17, 15) is 4.79 Å². The maximum atomic E-state index is 12.6. The molecule has 4 nitrogen and oxygen atoms in total. The number of rotatable bonds is 3. The van der Waals surface area contributed by atoms with Crippen molar-refractivity contribution in [2.45, 2.75) is 12.8 Å². The molecule has 1 aromatic carbocycles. The standard InChI is InChI=1S/C16H20N2O2/c1-18(11-12-6-8-20-9-7-12)16(19)14-10-17-15-5-3-2-4-13(14)15/h2-5,10,12,17H,6-9,11H2,1H3. The first-order chi connectivity index (χ1) is 9.75. The van der Waals surface area contributed by atoms with Crippen LogP contribution in [0.2, 0.25) is 0 Å². The van der Waals surface area contributed by atoms with E-state index in [0.29, 0.717) is 5.92 Å². The fourth-order valence-electron chi connectivity index (χ4n) is 2.85. The van der Waals surface area contributed by atoms with Gasteiger partial charge in [0.1, 0.15) is 0 Å². The number of fused-ring (bicyclic) bond motifs is 1. The van der Waals surface area contributed by atoms with Crippen LogP contribution in [0.15, 0.2) is 30.5 Å². The molecule has 0 unspecified atom stereocenters. The van der Waals surface area contributed by atoms with Gasteiger partial charge in [-0.2, -0.15) is 0 Å². The Hall–Kier alpha value is -1.81. The molecule has 1 fully saturated rings. The zero-order valence-electron chi connectivity index (χ0n) is 11.8. The number of nitrogens with zero attached hydrogens (tertiary/aromatic N) is 1. The van der Waals surface area contributed by atoms with Crippen molar-refractivity contribution in [3.8, 4) is 0 Å². The van der Waals surface area contributed by atoms with Crippen LogP contribution in [0, 0.1) is 5.92 Å². The quantitative estimate of drug-likeness (QED) is 0.933. The van der Waals surface area contributed by atoms with Gasteiger partial charge in [0, 0.05) is 43.9 Å². The third-order valence-electron chi connectivity index (χ3n) is 4.04. The Kier molecular flexibility index (Phi) is 3.74. The molecule has 20 heavy (non-hydrogen) atoms. The minimum atomic E-state index is 0.0916. The molecule has 1 N–H and O–H groups in total. The number of carbonyl (C=O) groups is 1. The smallest absolute Gasteiger partial charge is 0.255 e. The second-order valence-electron chi connectivity index (χ2n) is 5.49. The third-order valence-corrected chi connectivity index (χ3v) is 4.04. The van der Waals surface area contributed by atoms with Crippen molar-refractivity contribution >= 4 is 16.8 Å². The van der Waals surface area contributed by atoms with Crippen LogP contribution in [0.3, 0.4) is 0 Å². The van der Waals surface area contributed by atoms with Gasteiger partial charge in [0.15, 0.2) is 0 Å². The number of para-hydroxylation sites is 1. The average molecular weight is 272 g/mol. The molecule has 1 amide bonds. The van der Waals surface area contributed by atoms with E-state index in [1.54, 1.807) is 0 Å². The summed E-state index contributed by atoms with van der Waals surface area (Å²) in [6.45, 7) is 2.45. The number of benzene rings is 1. The third kappa shape index (κ3) is 2.56. The molecule has 3 rings (SSSR count). The second-order valence-corrected chi connectivity index (χ2v) is 5.49. The number of carbonyl (C=O) groups excluding carboxylic acids is 1. The van der Waals surface area contributed by atoms with Crippen LogP contribution in [0.25, 0.3) is 10.9 Å². The zero-order valence-corrected chi connectivity index (χ0v) is 11.8. The number of H-pyrrole nitrogens is 1. The molecule has 2 aromatic rings. The highest BCUT2D eigenvalue weighted by atomic mass is 16.5. The van der Waals surface area contributed by atoms with Crippen molar-refractivity contribution in [1.29, 1.82) is 0 Å². The maximum Gasteiger partial charge on any atom is 0.255 e. The number of nitrogens with one attached hydrogen (secondary N) is 1. The number of amides is 1. The highest BCUT2D eigenvalue weighted by molar-refractivity contribution is 6.06. The highest BCUT2D eigenvalue weighted by Crippen LogP contribution is 2.21. The summed E-state index contributed by atoms with van der Waals surface area (Å²) in [5.41, 5.74) is 1.77. The molecule has 1 aromatic heterocycles.